The van der Waals surface area contributed by atoms with E-state index in [1.165, 1.54) is 10.5 Å². The molecule has 2 amide bonds. The highest BCUT2D eigenvalue weighted by Gasteiger charge is 2.15. The Labute approximate surface area is 126 Å². The van der Waals surface area contributed by atoms with Crippen LogP contribution in [-0.2, 0) is 4.79 Å². The first-order valence-electron chi connectivity index (χ1n) is 7.34. The Hall–Kier alpha value is -2.04. The molecule has 21 heavy (non-hydrogen) atoms. The average Bonchev–Trinajstić information content (AvgIpc) is 2.47. The first-order chi connectivity index (χ1) is 10.0. The van der Waals surface area contributed by atoms with Crippen LogP contribution in [0.1, 0.15) is 38.2 Å². The lowest BCUT2D eigenvalue weighted by molar-refractivity contribution is -0.137. The number of amides is 2. The molecular weight excluding hydrogens is 268 g/mol. The second-order valence-electron chi connectivity index (χ2n) is 5.15. The highest BCUT2D eigenvalue weighted by atomic mass is 16.4. The summed E-state index contributed by atoms with van der Waals surface area (Å²) in [5.74, 6) is -0.637. The Kier molecular flexibility index (Phi) is 7.29. The van der Waals surface area contributed by atoms with Crippen molar-refractivity contribution in [2.75, 3.05) is 19.6 Å². The number of aliphatic carboxylic acids is 1. The second-order valence-corrected chi connectivity index (χ2v) is 5.15. The molecule has 0 aliphatic heterocycles. The predicted octanol–water partition coefficient (Wildman–Crippen LogP) is 2.69. The van der Waals surface area contributed by atoms with Gasteiger partial charge in [0.2, 0.25) is 0 Å². The SMILES string of the molecule is CCCN(CC(=O)O)C(=O)NCCC(C)c1ccccc1. The maximum Gasteiger partial charge on any atom is 0.323 e. The van der Waals surface area contributed by atoms with E-state index in [4.69, 9.17) is 5.11 Å². The van der Waals surface area contributed by atoms with Crippen molar-refractivity contribution in [1.29, 1.82) is 0 Å². The molecule has 0 fully saturated rings. The molecule has 0 saturated heterocycles. The highest BCUT2D eigenvalue weighted by Crippen LogP contribution is 2.17. The fourth-order valence-electron chi connectivity index (χ4n) is 2.14. The molecule has 1 unspecified atom stereocenters. The molecule has 0 aliphatic rings. The molecule has 1 aromatic carbocycles. The molecule has 5 nitrogen and oxygen atoms in total. The predicted molar refractivity (Wildman–Crippen MR) is 82.4 cm³/mol. The van der Waals surface area contributed by atoms with Crippen molar-refractivity contribution in [2.45, 2.75) is 32.6 Å². The number of hydrogen-bond donors (Lipinski definition) is 2. The van der Waals surface area contributed by atoms with E-state index >= 15 is 0 Å². The van der Waals surface area contributed by atoms with Crippen LogP contribution in [0.2, 0.25) is 0 Å². The molecule has 2 N–H and O–H groups in total. The average molecular weight is 292 g/mol. The first-order valence-corrected chi connectivity index (χ1v) is 7.34. The minimum absolute atomic E-state index is 0.256. The van der Waals surface area contributed by atoms with Crippen LogP contribution >= 0.6 is 0 Å². The van der Waals surface area contributed by atoms with Crippen LogP contribution in [0.4, 0.5) is 4.79 Å². The summed E-state index contributed by atoms with van der Waals surface area (Å²) in [7, 11) is 0. The van der Waals surface area contributed by atoms with Gasteiger partial charge >= 0.3 is 12.0 Å². The van der Waals surface area contributed by atoms with Crippen molar-refractivity contribution in [3.05, 3.63) is 35.9 Å². The molecule has 1 atom stereocenters. The topological polar surface area (TPSA) is 69.6 Å². The van der Waals surface area contributed by atoms with E-state index in [0.717, 1.165) is 12.8 Å². The van der Waals surface area contributed by atoms with E-state index in [1.807, 2.05) is 25.1 Å². The normalized spacial score (nSPS) is 11.7. The molecule has 1 aromatic rings. The van der Waals surface area contributed by atoms with Crippen LogP contribution < -0.4 is 5.32 Å². The Morgan fingerprint density at radius 2 is 1.95 bits per heavy atom. The number of nitrogens with one attached hydrogen (secondary N) is 1. The molecule has 116 valence electrons. The van der Waals surface area contributed by atoms with Gasteiger partial charge in [0.15, 0.2) is 0 Å². The Morgan fingerprint density at radius 3 is 2.52 bits per heavy atom. The second kappa shape index (κ2) is 9.00. The lowest BCUT2D eigenvalue weighted by atomic mass is 9.98. The minimum atomic E-state index is -0.990. The Balaban J connectivity index is 2.39. The number of carboxylic acid groups (broad SMARTS) is 1. The van der Waals surface area contributed by atoms with Gasteiger partial charge in [0.1, 0.15) is 6.54 Å². The van der Waals surface area contributed by atoms with Gasteiger partial charge in [-0.05, 0) is 24.3 Å². The monoisotopic (exact) mass is 292 g/mol. The van der Waals surface area contributed by atoms with Crippen molar-refractivity contribution in [3.63, 3.8) is 0 Å². The van der Waals surface area contributed by atoms with E-state index in [2.05, 4.69) is 24.4 Å². The number of benzene rings is 1. The smallest absolute Gasteiger partial charge is 0.323 e. The number of urea groups is 1. The van der Waals surface area contributed by atoms with E-state index in [0.29, 0.717) is 19.0 Å². The molecule has 5 heteroatoms. The summed E-state index contributed by atoms with van der Waals surface area (Å²) in [4.78, 5) is 24.0. The third kappa shape index (κ3) is 6.29. The van der Waals surface area contributed by atoms with Crippen LogP contribution in [-0.4, -0.2) is 41.6 Å². The minimum Gasteiger partial charge on any atom is -0.480 e. The van der Waals surface area contributed by atoms with Crippen molar-refractivity contribution in [2.24, 2.45) is 0 Å². The van der Waals surface area contributed by atoms with Crippen LogP contribution in [0.5, 0.6) is 0 Å². The van der Waals surface area contributed by atoms with Crippen LogP contribution in [0.25, 0.3) is 0 Å². The van der Waals surface area contributed by atoms with Gasteiger partial charge in [0.05, 0.1) is 0 Å². The zero-order chi connectivity index (χ0) is 15.7. The number of rotatable bonds is 8. The summed E-state index contributed by atoms with van der Waals surface area (Å²) in [5.41, 5.74) is 1.24. The summed E-state index contributed by atoms with van der Waals surface area (Å²) in [5, 5.41) is 11.6. The number of carboxylic acids is 1. The van der Waals surface area contributed by atoms with E-state index < -0.39 is 5.97 Å². The van der Waals surface area contributed by atoms with Gasteiger partial charge in [0, 0.05) is 13.1 Å². The van der Waals surface area contributed by atoms with Gasteiger partial charge in [-0.25, -0.2) is 4.79 Å². The molecule has 0 aromatic heterocycles. The third-order valence-corrected chi connectivity index (χ3v) is 3.33. The van der Waals surface area contributed by atoms with E-state index in [-0.39, 0.29) is 12.6 Å². The number of carbonyl (C=O) groups is 2. The molecule has 0 spiro atoms. The quantitative estimate of drug-likeness (QED) is 0.774. The summed E-state index contributed by atoms with van der Waals surface area (Å²) >= 11 is 0. The standard InChI is InChI=1S/C16H24N2O3/c1-3-11-18(12-15(19)20)16(21)17-10-9-13(2)14-7-5-4-6-8-14/h4-8,13H,3,9-12H2,1-2H3,(H,17,21)(H,19,20). The Bertz CT molecular complexity index is 448. The molecule has 1 rings (SSSR count). The van der Waals surface area contributed by atoms with E-state index in [9.17, 15) is 9.59 Å². The molecule has 0 heterocycles. The number of hydrogen-bond acceptors (Lipinski definition) is 2. The Morgan fingerprint density at radius 1 is 1.29 bits per heavy atom. The largest absolute Gasteiger partial charge is 0.480 e. The highest BCUT2D eigenvalue weighted by molar-refractivity contribution is 5.80. The fourth-order valence-corrected chi connectivity index (χ4v) is 2.14. The molecule has 0 aliphatic carbocycles. The number of nitrogens with zero attached hydrogens (tertiary/aromatic N) is 1. The third-order valence-electron chi connectivity index (χ3n) is 3.33. The van der Waals surface area contributed by atoms with Crippen LogP contribution in [0.3, 0.4) is 0 Å². The fraction of sp³-hybridized carbons (Fsp3) is 0.500. The molecular formula is C16H24N2O3. The van der Waals surface area contributed by atoms with Gasteiger partial charge in [-0.1, -0.05) is 44.2 Å². The first kappa shape index (κ1) is 17.0. The summed E-state index contributed by atoms with van der Waals surface area (Å²) in [6.07, 6.45) is 1.56. The lowest BCUT2D eigenvalue weighted by Gasteiger charge is -2.21. The van der Waals surface area contributed by atoms with Gasteiger partial charge in [-0.3, -0.25) is 4.79 Å². The maximum absolute atomic E-state index is 11.9. The summed E-state index contributed by atoms with van der Waals surface area (Å²) < 4.78 is 0. The molecule has 0 radical (unpaired) electrons. The van der Waals surface area contributed by atoms with Crippen molar-refractivity contribution < 1.29 is 14.7 Å². The molecule has 0 saturated carbocycles. The van der Waals surface area contributed by atoms with E-state index in [1.54, 1.807) is 0 Å². The number of carbonyl (C=O) groups excluding carboxylic acids is 1. The maximum atomic E-state index is 11.9. The van der Waals surface area contributed by atoms with Crippen molar-refractivity contribution in [3.8, 4) is 0 Å². The summed E-state index contributed by atoms with van der Waals surface area (Å²) in [6.45, 7) is 4.76. The van der Waals surface area contributed by atoms with Gasteiger partial charge in [-0.15, -0.1) is 0 Å². The van der Waals surface area contributed by atoms with Gasteiger partial charge in [0.25, 0.3) is 0 Å². The zero-order valence-corrected chi connectivity index (χ0v) is 12.7. The van der Waals surface area contributed by atoms with Crippen molar-refractivity contribution >= 4 is 12.0 Å². The molecule has 0 bridgehead atoms. The van der Waals surface area contributed by atoms with Gasteiger partial charge in [-0.2, -0.15) is 0 Å². The zero-order valence-electron chi connectivity index (χ0n) is 12.7. The van der Waals surface area contributed by atoms with Crippen molar-refractivity contribution in [1.82, 2.24) is 10.2 Å². The van der Waals surface area contributed by atoms with Crippen LogP contribution in [0.15, 0.2) is 30.3 Å². The van der Waals surface area contributed by atoms with Crippen LogP contribution in [0, 0.1) is 0 Å². The summed E-state index contributed by atoms with van der Waals surface area (Å²) in [6, 6.07) is 9.81. The lowest BCUT2D eigenvalue weighted by Crippen LogP contribution is -2.43. The van der Waals surface area contributed by atoms with Gasteiger partial charge < -0.3 is 15.3 Å².